The molecule has 0 aliphatic heterocycles. The molecule has 0 amide bonds. The summed E-state index contributed by atoms with van der Waals surface area (Å²) in [4.78, 5) is 0. The summed E-state index contributed by atoms with van der Waals surface area (Å²) in [6.45, 7) is 3.39. The Hall–Kier alpha value is -1.33. The van der Waals surface area contributed by atoms with Crippen molar-refractivity contribution in [2.24, 2.45) is 0 Å². The molecule has 0 aliphatic carbocycles. The highest BCUT2D eigenvalue weighted by Crippen LogP contribution is 2.25. The van der Waals surface area contributed by atoms with E-state index in [9.17, 15) is 8.42 Å². The molecule has 0 saturated heterocycles. The van der Waals surface area contributed by atoms with E-state index in [1.54, 1.807) is 20.9 Å². The average Bonchev–Trinajstić information content (AvgIpc) is 2.79. The van der Waals surface area contributed by atoms with Crippen molar-refractivity contribution < 1.29 is 12.8 Å². The normalized spacial score (nSPS) is 14.1. The highest BCUT2D eigenvalue weighted by Gasteiger charge is 2.24. The molecule has 1 heterocycles. The van der Waals surface area contributed by atoms with Gasteiger partial charge in [-0.3, -0.25) is 0 Å². The molecule has 4 nitrogen and oxygen atoms in total. The van der Waals surface area contributed by atoms with Crippen molar-refractivity contribution in [1.29, 1.82) is 0 Å². The van der Waals surface area contributed by atoms with Gasteiger partial charge in [0.05, 0.1) is 17.0 Å². The maximum atomic E-state index is 12.0. The van der Waals surface area contributed by atoms with E-state index in [0.29, 0.717) is 5.76 Å². The van der Waals surface area contributed by atoms with E-state index in [0.717, 1.165) is 11.0 Å². The molecule has 19 heavy (non-hydrogen) atoms. The molecule has 0 spiro atoms. The van der Waals surface area contributed by atoms with Gasteiger partial charge >= 0.3 is 0 Å². The molecule has 5 heteroatoms. The van der Waals surface area contributed by atoms with Gasteiger partial charge in [0, 0.05) is 5.39 Å². The second kappa shape index (κ2) is 5.35. The first kappa shape index (κ1) is 14.1. The fourth-order valence-corrected chi connectivity index (χ4v) is 3.09. The van der Waals surface area contributed by atoms with Crippen molar-refractivity contribution in [3.8, 4) is 0 Å². The lowest BCUT2D eigenvalue weighted by molar-refractivity contribution is 0.470. The predicted octanol–water partition coefficient (Wildman–Crippen LogP) is 2.52. The third kappa shape index (κ3) is 2.98. The quantitative estimate of drug-likeness (QED) is 0.915. The van der Waals surface area contributed by atoms with Crippen molar-refractivity contribution in [2.45, 2.75) is 25.1 Å². The van der Waals surface area contributed by atoms with Gasteiger partial charge in [-0.05, 0) is 33.0 Å². The molecule has 2 rings (SSSR count). The van der Waals surface area contributed by atoms with Gasteiger partial charge < -0.3 is 9.73 Å². The maximum Gasteiger partial charge on any atom is 0.154 e. The van der Waals surface area contributed by atoms with Gasteiger partial charge in [0.25, 0.3) is 0 Å². The first-order valence-electron chi connectivity index (χ1n) is 6.31. The molecule has 0 bridgehead atoms. The minimum Gasteiger partial charge on any atom is -0.459 e. The maximum absolute atomic E-state index is 12.0. The van der Waals surface area contributed by atoms with Crippen LogP contribution in [0, 0.1) is 0 Å². The van der Waals surface area contributed by atoms with Crippen LogP contribution >= 0.6 is 0 Å². The fourth-order valence-electron chi connectivity index (χ4n) is 1.91. The Balaban J connectivity index is 2.32. The number of hydrogen-bond acceptors (Lipinski definition) is 4. The Morgan fingerprint density at radius 1 is 1.26 bits per heavy atom. The minimum absolute atomic E-state index is 0.0426. The summed E-state index contributed by atoms with van der Waals surface area (Å²) in [6.07, 6.45) is 0. The molecule has 1 unspecified atom stereocenters. The number of para-hydroxylation sites is 1. The third-order valence-electron chi connectivity index (χ3n) is 3.25. The SMILES string of the molecule is CNC(CS(=O)(=O)C(C)C)c1cc2ccccc2o1. The van der Waals surface area contributed by atoms with Crippen LogP contribution in [0.25, 0.3) is 11.0 Å². The zero-order valence-corrected chi connectivity index (χ0v) is 12.2. The fraction of sp³-hybridized carbons (Fsp3) is 0.429. The molecular formula is C14H19NO3S. The molecule has 1 aromatic heterocycles. The monoisotopic (exact) mass is 281 g/mol. The Kier molecular flexibility index (Phi) is 3.96. The summed E-state index contributed by atoms with van der Waals surface area (Å²) >= 11 is 0. The summed E-state index contributed by atoms with van der Waals surface area (Å²) in [7, 11) is -1.37. The lowest BCUT2D eigenvalue weighted by Crippen LogP contribution is -2.28. The van der Waals surface area contributed by atoms with E-state index in [1.165, 1.54) is 0 Å². The van der Waals surface area contributed by atoms with Crippen LogP contribution in [0.1, 0.15) is 25.6 Å². The van der Waals surface area contributed by atoms with Crippen LogP contribution < -0.4 is 5.32 Å². The second-order valence-electron chi connectivity index (χ2n) is 4.91. The summed E-state index contributed by atoms with van der Waals surface area (Å²) in [5, 5.41) is 3.62. The van der Waals surface area contributed by atoms with Crippen molar-refractivity contribution in [2.75, 3.05) is 12.8 Å². The molecule has 2 aromatic rings. The third-order valence-corrected chi connectivity index (χ3v) is 5.49. The number of benzene rings is 1. The average molecular weight is 281 g/mol. The van der Waals surface area contributed by atoms with Crippen molar-refractivity contribution in [1.82, 2.24) is 5.32 Å². The molecule has 0 radical (unpaired) electrons. The van der Waals surface area contributed by atoms with E-state index in [4.69, 9.17) is 4.42 Å². The van der Waals surface area contributed by atoms with Crippen LogP contribution in [-0.2, 0) is 9.84 Å². The molecule has 0 aliphatic rings. The smallest absolute Gasteiger partial charge is 0.154 e. The first-order valence-corrected chi connectivity index (χ1v) is 8.03. The molecule has 0 saturated carbocycles. The summed E-state index contributed by atoms with van der Waals surface area (Å²) in [5.41, 5.74) is 0.777. The van der Waals surface area contributed by atoms with E-state index >= 15 is 0 Å². The topological polar surface area (TPSA) is 59.3 Å². The highest BCUT2D eigenvalue weighted by atomic mass is 32.2. The van der Waals surface area contributed by atoms with Crippen LogP contribution in [0.2, 0.25) is 0 Å². The molecule has 0 fully saturated rings. The van der Waals surface area contributed by atoms with E-state index < -0.39 is 9.84 Å². The van der Waals surface area contributed by atoms with E-state index in [2.05, 4.69) is 5.32 Å². The Labute approximate surface area is 113 Å². The minimum atomic E-state index is -3.12. The lowest BCUT2D eigenvalue weighted by Gasteiger charge is -2.15. The number of nitrogens with one attached hydrogen (secondary N) is 1. The van der Waals surface area contributed by atoms with Crippen molar-refractivity contribution in [3.05, 3.63) is 36.1 Å². The van der Waals surface area contributed by atoms with Crippen LogP contribution in [-0.4, -0.2) is 26.5 Å². The van der Waals surface area contributed by atoms with Gasteiger partial charge in [0.2, 0.25) is 0 Å². The lowest BCUT2D eigenvalue weighted by atomic mass is 10.2. The van der Waals surface area contributed by atoms with E-state index in [-0.39, 0.29) is 17.0 Å². The van der Waals surface area contributed by atoms with Gasteiger partial charge in [-0.15, -0.1) is 0 Å². The summed E-state index contributed by atoms with van der Waals surface area (Å²) in [6, 6.07) is 9.23. The zero-order valence-electron chi connectivity index (χ0n) is 11.4. The van der Waals surface area contributed by atoms with Crippen LogP contribution in [0.4, 0.5) is 0 Å². The standard InChI is InChI=1S/C14H19NO3S/c1-10(2)19(16,17)9-12(15-3)14-8-11-6-4-5-7-13(11)18-14/h4-8,10,12,15H,9H2,1-3H3. The van der Waals surface area contributed by atoms with Gasteiger partial charge in [0.15, 0.2) is 9.84 Å². The van der Waals surface area contributed by atoms with Gasteiger partial charge in [-0.1, -0.05) is 18.2 Å². The first-order chi connectivity index (χ1) is 8.94. The number of hydrogen-bond donors (Lipinski definition) is 1. The van der Waals surface area contributed by atoms with Crippen LogP contribution in [0.15, 0.2) is 34.7 Å². The number of furan rings is 1. The Bertz CT molecular complexity index is 625. The Morgan fingerprint density at radius 3 is 2.53 bits per heavy atom. The summed E-state index contributed by atoms with van der Waals surface area (Å²) < 4.78 is 29.7. The van der Waals surface area contributed by atoms with Gasteiger partial charge in [-0.25, -0.2) is 8.42 Å². The zero-order chi connectivity index (χ0) is 14.0. The van der Waals surface area contributed by atoms with E-state index in [1.807, 2.05) is 30.3 Å². The highest BCUT2D eigenvalue weighted by molar-refractivity contribution is 7.92. The van der Waals surface area contributed by atoms with Gasteiger partial charge in [-0.2, -0.15) is 0 Å². The van der Waals surface area contributed by atoms with Crippen LogP contribution in [0.3, 0.4) is 0 Å². The molecule has 1 N–H and O–H groups in total. The predicted molar refractivity (Wildman–Crippen MR) is 76.9 cm³/mol. The largest absolute Gasteiger partial charge is 0.459 e. The second-order valence-corrected chi connectivity index (χ2v) is 7.51. The van der Waals surface area contributed by atoms with Crippen LogP contribution in [0.5, 0.6) is 0 Å². The number of rotatable bonds is 5. The van der Waals surface area contributed by atoms with Gasteiger partial charge in [0.1, 0.15) is 11.3 Å². The molecule has 1 atom stereocenters. The summed E-state index contributed by atoms with van der Waals surface area (Å²) in [5.74, 6) is 0.703. The number of fused-ring (bicyclic) bond motifs is 1. The molecule has 1 aromatic carbocycles. The van der Waals surface area contributed by atoms with Crippen molar-refractivity contribution in [3.63, 3.8) is 0 Å². The van der Waals surface area contributed by atoms with Crippen molar-refractivity contribution >= 4 is 20.8 Å². The molecule has 104 valence electrons. The molecular weight excluding hydrogens is 262 g/mol. The Morgan fingerprint density at radius 2 is 1.95 bits per heavy atom. The number of sulfone groups is 1.